The summed E-state index contributed by atoms with van der Waals surface area (Å²) in [6.07, 6.45) is 1.87. The quantitative estimate of drug-likeness (QED) is 0.192. The van der Waals surface area contributed by atoms with Gasteiger partial charge in [-0.2, -0.15) is 5.26 Å². The smallest absolute Gasteiger partial charge is 0.175 e. The third-order valence-corrected chi connectivity index (χ3v) is 5.97. The average molecular weight is 498 g/mol. The maximum atomic E-state index is 9.72. The fourth-order valence-electron chi connectivity index (χ4n) is 3.72. The van der Waals surface area contributed by atoms with E-state index in [0.717, 1.165) is 26.7 Å². The van der Waals surface area contributed by atoms with Crippen molar-refractivity contribution in [2.75, 3.05) is 6.61 Å². The molecule has 0 bridgehead atoms. The fraction of sp³-hybridized carbons (Fsp3) is 0.138. The molecule has 0 heterocycles. The highest BCUT2D eigenvalue weighted by atomic mass is 79.9. The Morgan fingerprint density at radius 1 is 0.970 bits per heavy atom. The maximum absolute atomic E-state index is 9.72. The fourth-order valence-corrected chi connectivity index (χ4v) is 4.30. The summed E-state index contributed by atoms with van der Waals surface area (Å²) in [5.41, 5.74) is 4.60. The molecule has 0 aliphatic rings. The van der Waals surface area contributed by atoms with Crippen molar-refractivity contribution >= 4 is 38.4 Å². The van der Waals surface area contributed by atoms with E-state index in [-0.39, 0.29) is 0 Å². The van der Waals surface area contributed by atoms with Crippen LogP contribution in [0.25, 0.3) is 22.4 Å². The molecule has 0 N–H and O–H groups in total. The van der Waals surface area contributed by atoms with Gasteiger partial charge in [0.05, 0.1) is 22.7 Å². The van der Waals surface area contributed by atoms with Crippen molar-refractivity contribution in [1.82, 2.24) is 0 Å². The molecule has 0 radical (unpaired) electrons. The summed E-state index contributed by atoms with van der Waals surface area (Å²) in [6.45, 7) is 4.90. The van der Waals surface area contributed by atoms with Crippen LogP contribution in [-0.4, -0.2) is 6.61 Å². The van der Waals surface area contributed by atoms with Gasteiger partial charge in [-0.1, -0.05) is 72.3 Å². The summed E-state index contributed by atoms with van der Waals surface area (Å²) >= 11 is 3.65. The molecule has 0 saturated heterocycles. The highest BCUT2D eigenvalue weighted by molar-refractivity contribution is 9.10. The molecule has 0 unspecified atom stereocenters. The molecule has 4 aromatic rings. The number of ether oxygens (including phenoxy) is 2. The summed E-state index contributed by atoms with van der Waals surface area (Å²) in [4.78, 5) is 0. The highest BCUT2D eigenvalue weighted by Crippen LogP contribution is 2.38. The first kappa shape index (κ1) is 22.6. The molecule has 4 heteroatoms. The van der Waals surface area contributed by atoms with Crippen LogP contribution in [0.3, 0.4) is 0 Å². The number of hydrogen-bond acceptors (Lipinski definition) is 3. The lowest BCUT2D eigenvalue weighted by molar-refractivity contribution is 0.268. The molecular formula is C29H24BrNO2. The van der Waals surface area contributed by atoms with Crippen LogP contribution in [0.2, 0.25) is 0 Å². The number of hydrogen-bond donors (Lipinski definition) is 0. The topological polar surface area (TPSA) is 42.2 Å². The van der Waals surface area contributed by atoms with Crippen molar-refractivity contribution in [3.05, 3.63) is 106 Å². The summed E-state index contributed by atoms with van der Waals surface area (Å²) in [5.74, 6) is 1.29. The van der Waals surface area contributed by atoms with Gasteiger partial charge in [-0.15, -0.1) is 0 Å². The van der Waals surface area contributed by atoms with Gasteiger partial charge in [0.25, 0.3) is 0 Å². The van der Waals surface area contributed by atoms with Gasteiger partial charge in [0, 0.05) is 0 Å². The number of aryl methyl sites for hydroxylation is 1. The molecular weight excluding hydrogens is 474 g/mol. The lowest BCUT2D eigenvalue weighted by atomic mass is 10.0. The highest BCUT2D eigenvalue weighted by Gasteiger charge is 2.14. The zero-order valence-corrected chi connectivity index (χ0v) is 20.2. The zero-order valence-electron chi connectivity index (χ0n) is 18.6. The van der Waals surface area contributed by atoms with E-state index in [1.807, 2.05) is 74.5 Å². The van der Waals surface area contributed by atoms with Crippen LogP contribution in [0.1, 0.15) is 29.2 Å². The number of halogens is 1. The molecule has 33 heavy (non-hydrogen) atoms. The second-order valence-electron chi connectivity index (χ2n) is 7.73. The lowest BCUT2D eigenvalue weighted by Gasteiger charge is -2.16. The van der Waals surface area contributed by atoms with E-state index in [0.29, 0.717) is 30.3 Å². The van der Waals surface area contributed by atoms with E-state index in [1.54, 1.807) is 0 Å². The van der Waals surface area contributed by atoms with Crippen molar-refractivity contribution < 1.29 is 9.47 Å². The van der Waals surface area contributed by atoms with Gasteiger partial charge < -0.3 is 9.47 Å². The van der Waals surface area contributed by atoms with Gasteiger partial charge in [0.1, 0.15) is 6.61 Å². The molecule has 0 aliphatic carbocycles. The Morgan fingerprint density at radius 3 is 2.48 bits per heavy atom. The number of nitriles is 1. The van der Waals surface area contributed by atoms with E-state index in [1.165, 1.54) is 10.8 Å². The Kier molecular flexibility index (Phi) is 7.12. The molecule has 0 aromatic heterocycles. The summed E-state index contributed by atoms with van der Waals surface area (Å²) in [5, 5.41) is 12.1. The maximum Gasteiger partial charge on any atom is 0.175 e. The average Bonchev–Trinajstić information content (AvgIpc) is 2.83. The molecule has 0 saturated carbocycles. The van der Waals surface area contributed by atoms with E-state index in [9.17, 15) is 5.26 Å². The van der Waals surface area contributed by atoms with Crippen molar-refractivity contribution in [2.24, 2.45) is 0 Å². The molecule has 0 spiro atoms. The van der Waals surface area contributed by atoms with Crippen LogP contribution >= 0.6 is 15.9 Å². The first-order valence-corrected chi connectivity index (χ1v) is 11.6. The monoisotopic (exact) mass is 497 g/mol. The summed E-state index contributed by atoms with van der Waals surface area (Å²) in [6, 6.07) is 28.6. The molecule has 0 amide bonds. The lowest BCUT2D eigenvalue weighted by Crippen LogP contribution is -2.01. The molecule has 4 rings (SSSR count). The third-order valence-electron chi connectivity index (χ3n) is 5.38. The third kappa shape index (κ3) is 5.27. The Hall–Kier alpha value is -3.55. The molecule has 0 atom stereocenters. The Morgan fingerprint density at radius 2 is 1.73 bits per heavy atom. The molecule has 3 nitrogen and oxygen atoms in total. The van der Waals surface area contributed by atoms with Crippen molar-refractivity contribution in [3.63, 3.8) is 0 Å². The number of benzene rings is 4. The predicted octanol–water partition coefficient (Wildman–Crippen LogP) is 7.95. The van der Waals surface area contributed by atoms with Gasteiger partial charge in [-0.3, -0.25) is 0 Å². The minimum Gasteiger partial charge on any atom is -0.490 e. The van der Waals surface area contributed by atoms with Crippen molar-refractivity contribution in [3.8, 4) is 17.6 Å². The van der Waals surface area contributed by atoms with Gasteiger partial charge in [0.2, 0.25) is 0 Å². The van der Waals surface area contributed by atoms with E-state index in [2.05, 4.69) is 46.3 Å². The summed E-state index contributed by atoms with van der Waals surface area (Å²) in [7, 11) is 0. The number of rotatable bonds is 7. The summed E-state index contributed by atoms with van der Waals surface area (Å²) < 4.78 is 12.9. The second kappa shape index (κ2) is 10.4. The van der Waals surface area contributed by atoms with Gasteiger partial charge in [-0.05, 0) is 75.4 Å². The Balaban J connectivity index is 1.65. The van der Waals surface area contributed by atoms with Crippen LogP contribution in [0.5, 0.6) is 11.5 Å². The minimum absolute atomic E-state index is 0.419. The first-order valence-electron chi connectivity index (χ1n) is 10.8. The molecule has 0 fully saturated rings. The standard InChI is InChI=1S/C29H24BrNO2/c1-3-32-28-17-21(15-25(18-31)22-13-11-20(2)12-14-22)16-27(30)29(28)33-19-24-9-6-8-23-7-4-5-10-26(23)24/h4-17H,3,19H2,1-2H3/b25-15-. The number of allylic oxidation sites excluding steroid dienone is 1. The van der Waals surface area contributed by atoms with E-state index in [4.69, 9.17) is 9.47 Å². The SMILES string of the molecule is CCOc1cc(/C=C(/C#N)c2ccc(C)cc2)cc(Br)c1OCc1cccc2ccccc12. The van der Waals surface area contributed by atoms with Crippen molar-refractivity contribution in [2.45, 2.75) is 20.5 Å². The predicted molar refractivity (Wildman–Crippen MR) is 138 cm³/mol. The Labute approximate surface area is 203 Å². The Bertz CT molecular complexity index is 1350. The first-order chi connectivity index (χ1) is 16.1. The minimum atomic E-state index is 0.419. The van der Waals surface area contributed by atoms with Crippen LogP contribution in [0.15, 0.2) is 83.3 Å². The van der Waals surface area contributed by atoms with Crippen LogP contribution in [0.4, 0.5) is 0 Å². The van der Waals surface area contributed by atoms with Crippen LogP contribution in [0, 0.1) is 18.3 Å². The van der Waals surface area contributed by atoms with E-state index >= 15 is 0 Å². The normalized spacial score (nSPS) is 11.3. The van der Waals surface area contributed by atoms with Gasteiger partial charge >= 0.3 is 0 Å². The van der Waals surface area contributed by atoms with Gasteiger partial charge in [0.15, 0.2) is 11.5 Å². The largest absolute Gasteiger partial charge is 0.490 e. The van der Waals surface area contributed by atoms with Gasteiger partial charge in [-0.25, -0.2) is 0 Å². The van der Waals surface area contributed by atoms with E-state index < -0.39 is 0 Å². The number of nitrogens with zero attached hydrogens (tertiary/aromatic N) is 1. The second-order valence-corrected chi connectivity index (χ2v) is 8.58. The molecule has 0 aliphatic heterocycles. The molecule has 164 valence electrons. The van der Waals surface area contributed by atoms with Crippen LogP contribution in [-0.2, 0) is 6.61 Å². The van der Waals surface area contributed by atoms with Crippen molar-refractivity contribution in [1.29, 1.82) is 5.26 Å². The van der Waals surface area contributed by atoms with Crippen LogP contribution < -0.4 is 9.47 Å². The molecule has 4 aromatic carbocycles. The zero-order chi connectivity index (χ0) is 23.2. The number of fused-ring (bicyclic) bond motifs is 1.